The van der Waals surface area contributed by atoms with Crippen molar-refractivity contribution in [3.8, 4) is 5.75 Å². The molecule has 1 saturated heterocycles. The van der Waals surface area contributed by atoms with E-state index in [0.29, 0.717) is 38.3 Å². The average molecular weight is 326 g/mol. The van der Waals surface area contributed by atoms with Gasteiger partial charge < -0.3 is 10.5 Å². The number of amides is 1. The molecule has 7 heteroatoms. The second-order valence-electron chi connectivity index (χ2n) is 5.46. The predicted molar refractivity (Wildman–Crippen MR) is 83.0 cm³/mol. The summed E-state index contributed by atoms with van der Waals surface area (Å²) in [5.41, 5.74) is 6.23. The molecule has 0 aromatic heterocycles. The summed E-state index contributed by atoms with van der Waals surface area (Å²) in [5.74, 6) is -0.224. The van der Waals surface area contributed by atoms with Gasteiger partial charge >= 0.3 is 0 Å². The molecule has 1 aromatic rings. The molecule has 1 fully saturated rings. The molecule has 1 aliphatic heterocycles. The molecule has 0 bridgehead atoms. The highest BCUT2D eigenvalue weighted by Gasteiger charge is 2.33. The first kappa shape index (κ1) is 16.8. The molecular formula is C15H22N2O4S. The molecule has 1 heterocycles. The second kappa shape index (κ2) is 6.66. The first-order valence-electron chi connectivity index (χ1n) is 7.39. The van der Waals surface area contributed by atoms with Gasteiger partial charge in [0.25, 0.3) is 0 Å². The highest BCUT2D eigenvalue weighted by molar-refractivity contribution is 7.89. The fourth-order valence-corrected chi connectivity index (χ4v) is 4.20. The van der Waals surface area contributed by atoms with Crippen LogP contribution in [-0.4, -0.2) is 38.3 Å². The Bertz CT molecular complexity index is 650. The van der Waals surface area contributed by atoms with Gasteiger partial charge in [0, 0.05) is 19.0 Å². The van der Waals surface area contributed by atoms with E-state index in [9.17, 15) is 13.2 Å². The van der Waals surface area contributed by atoms with Crippen molar-refractivity contribution in [3.63, 3.8) is 0 Å². The third-order valence-electron chi connectivity index (χ3n) is 3.87. The van der Waals surface area contributed by atoms with Crippen LogP contribution < -0.4 is 10.5 Å². The van der Waals surface area contributed by atoms with Gasteiger partial charge in [0.15, 0.2) is 0 Å². The zero-order chi connectivity index (χ0) is 16.3. The number of piperidine rings is 1. The molecule has 1 aliphatic rings. The molecule has 2 rings (SSSR count). The molecule has 0 saturated carbocycles. The fraction of sp³-hybridized carbons (Fsp3) is 0.533. The van der Waals surface area contributed by atoms with E-state index in [4.69, 9.17) is 10.5 Å². The topological polar surface area (TPSA) is 89.7 Å². The van der Waals surface area contributed by atoms with Gasteiger partial charge in [0.1, 0.15) is 10.6 Å². The first-order chi connectivity index (χ1) is 10.4. The monoisotopic (exact) mass is 326 g/mol. The molecule has 122 valence electrons. The summed E-state index contributed by atoms with van der Waals surface area (Å²) in [6.45, 7) is 4.70. The molecule has 0 spiro atoms. The van der Waals surface area contributed by atoms with Crippen LogP contribution >= 0.6 is 0 Å². The number of hydrogen-bond donors (Lipinski definition) is 1. The van der Waals surface area contributed by atoms with Gasteiger partial charge in [-0.25, -0.2) is 8.42 Å². The number of rotatable bonds is 5. The number of primary amides is 1. The lowest BCUT2D eigenvalue weighted by molar-refractivity contribution is -0.122. The van der Waals surface area contributed by atoms with E-state index in [1.165, 1.54) is 4.31 Å². The number of hydrogen-bond acceptors (Lipinski definition) is 4. The molecular weight excluding hydrogens is 304 g/mol. The Labute approximate surface area is 131 Å². The van der Waals surface area contributed by atoms with Crippen LogP contribution in [0.2, 0.25) is 0 Å². The predicted octanol–water partition coefficient (Wildman–Crippen LogP) is 1.28. The Balaban J connectivity index is 2.26. The van der Waals surface area contributed by atoms with Crippen LogP contribution in [0.4, 0.5) is 0 Å². The minimum atomic E-state index is -3.62. The third kappa shape index (κ3) is 3.41. The normalized spacial score (nSPS) is 17.4. The van der Waals surface area contributed by atoms with Crippen molar-refractivity contribution in [3.05, 3.63) is 23.8 Å². The smallest absolute Gasteiger partial charge is 0.246 e. The minimum Gasteiger partial charge on any atom is -0.492 e. The summed E-state index contributed by atoms with van der Waals surface area (Å²) in [6, 6.07) is 5.06. The van der Waals surface area contributed by atoms with Crippen molar-refractivity contribution >= 4 is 15.9 Å². The Morgan fingerprint density at radius 1 is 1.36 bits per heavy atom. The summed E-state index contributed by atoms with van der Waals surface area (Å²) in [7, 11) is -3.62. The maximum Gasteiger partial charge on any atom is 0.246 e. The maximum absolute atomic E-state index is 12.8. The zero-order valence-electron chi connectivity index (χ0n) is 12.9. The number of sulfonamides is 1. The second-order valence-corrected chi connectivity index (χ2v) is 7.37. The van der Waals surface area contributed by atoms with Crippen LogP contribution in [0.25, 0.3) is 0 Å². The molecule has 0 radical (unpaired) electrons. The van der Waals surface area contributed by atoms with Crippen LogP contribution in [0.1, 0.15) is 25.3 Å². The molecule has 6 nitrogen and oxygen atoms in total. The van der Waals surface area contributed by atoms with E-state index >= 15 is 0 Å². The van der Waals surface area contributed by atoms with Gasteiger partial charge in [0.05, 0.1) is 6.61 Å². The molecule has 0 aliphatic carbocycles. The molecule has 2 N–H and O–H groups in total. The van der Waals surface area contributed by atoms with Crippen LogP contribution in [-0.2, 0) is 14.8 Å². The molecule has 0 unspecified atom stereocenters. The highest BCUT2D eigenvalue weighted by atomic mass is 32.2. The van der Waals surface area contributed by atoms with Crippen LogP contribution in [0.5, 0.6) is 5.75 Å². The minimum absolute atomic E-state index is 0.178. The van der Waals surface area contributed by atoms with E-state index in [2.05, 4.69) is 0 Å². The third-order valence-corrected chi connectivity index (χ3v) is 5.81. The summed E-state index contributed by atoms with van der Waals surface area (Å²) in [6.07, 6.45) is 0.925. The zero-order valence-corrected chi connectivity index (χ0v) is 13.7. The number of carbonyl (C=O) groups excluding carboxylic acids is 1. The Hall–Kier alpha value is -1.60. The van der Waals surface area contributed by atoms with E-state index < -0.39 is 10.0 Å². The van der Waals surface area contributed by atoms with E-state index in [0.717, 1.165) is 5.56 Å². The van der Waals surface area contributed by atoms with Crippen molar-refractivity contribution in [2.24, 2.45) is 11.7 Å². The van der Waals surface area contributed by atoms with Crippen LogP contribution in [0.15, 0.2) is 23.1 Å². The van der Waals surface area contributed by atoms with Crippen molar-refractivity contribution in [2.75, 3.05) is 19.7 Å². The molecule has 1 aromatic carbocycles. The van der Waals surface area contributed by atoms with E-state index in [1.807, 2.05) is 13.8 Å². The number of benzene rings is 1. The van der Waals surface area contributed by atoms with Crippen molar-refractivity contribution in [1.82, 2.24) is 4.31 Å². The van der Waals surface area contributed by atoms with E-state index in [-0.39, 0.29) is 16.7 Å². The SMILES string of the molecule is CCOc1cc(C)ccc1S(=O)(=O)N1CCC(C(N)=O)CC1. The van der Waals surface area contributed by atoms with Crippen LogP contribution in [0, 0.1) is 12.8 Å². The first-order valence-corrected chi connectivity index (χ1v) is 8.83. The Kier molecular flexibility index (Phi) is 5.08. The molecule has 1 amide bonds. The lowest BCUT2D eigenvalue weighted by Gasteiger charge is -2.30. The lowest BCUT2D eigenvalue weighted by Crippen LogP contribution is -2.41. The number of ether oxygens (including phenoxy) is 1. The van der Waals surface area contributed by atoms with Gasteiger partial charge in [-0.1, -0.05) is 6.07 Å². The Morgan fingerprint density at radius 3 is 2.55 bits per heavy atom. The summed E-state index contributed by atoms with van der Waals surface area (Å²) in [5, 5.41) is 0. The summed E-state index contributed by atoms with van der Waals surface area (Å²) in [4.78, 5) is 11.4. The fourth-order valence-electron chi connectivity index (χ4n) is 2.62. The molecule has 22 heavy (non-hydrogen) atoms. The van der Waals surface area contributed by atoms with Gasteiger partial charge in [0.2, 0.25) is 15.9 Å². The van der Waals surface area contributed by atoms with Gasteiger partial charge in [-0.3, -0.25) is 4.79 Å². The van der Waals surface area contributed by atoms with Gasteiger partial charge in [-0.15, -0.1) is 0 Å². The standard InChI is InChI=1S/C15H22N2O4S/c1-3-21-13-10-11(2)4-5-14(13)22(19,20)17-8-6-12(7-9-17)15(16)18/h4-5,10,12H,3,6-9H2,1-2H3,(H2,16,18). The van der Waals surface area contributed by atoms with Crippen molar-refractivity contribution < 1.29 is 17.9 Å². The largest absolute Gasteiger partial charge is 0.492 e. The number of carbonyl (C=O) groups is 1. The quantitative estimate of drug-likeness (QED) is 0.882. The number of nitrogens with two attached hydrogens (primary N) is 1. The Morgan fingerprint density at radius 2 is 2.00 bits per heavy atom. The summed E-state index contributed by atoms with van der Waals surface area (Å²) >= 11 is 0. The van der Waals surface area contributed by atoms with Crippen molar-refractivity contribution in [2.45, 2.75) is 31.6 Å². The number of aryl methyl sites for hydroxylation is 1. The lowest BCUT2D eigenvalue weighted by atomic mass is 9.98. The highest BCUT2D eigenvalue weighted by Crippen LogP contribution is 2.30. The van der Waals surface area contributed by atoms with Crippen LogP contribution in [0.3, 0.4) is 0 Å². The maximum atomic E-state index is 12.8. The van der Waals surface area contributed by atoms with Gasteiger partial charge in [-0.05, 0) is 44.4 Å². The molecule has 0 atom stereocenters. The van der Waals surface area contributed by atoms with Crippen molar-refractivity contribution in [1.29, 1.82) is 0 Å². The van der Waals surface area contributed by atoms with Gasteiger partial charge in [-0.2, -0.15) is 4.31 Å². The van der Waals surface area contributed by atoms with E-state index in [1.54, 1.807) is 18.2 Å². The average Bonchev–Trinajstić information content (AvgIpc) is 2.47. The number of nitrogens with zero attached hydrogens (tertiary/aromatic N) is 1. The summed E-state index contributed by atoms with van der Waals surface area (Å²) < 4.78 is 32.5.